The van der Waals surface area contributed by atoms with Crippen LogP contribution in [0.5, 0.6) is 0 Å². The second-order valence-corrected chi connectivity index (χ2v) is 17.7. The fraction of sp³-hybridized carbons (Fsp3) is 0.349. The molecule has 2 fully saturated rings. The van der Waals surface area contributed by atoms with Crippen LogP contribution in [0.3, 0.4) is 0 Å². The zero-order valence-corrected chi connectivity index (χ0v) is 30.3. The van der Waals surface area contributed by atoms with Crippen molar-refractivity contribution in [2.45, 2.75) is 93.3 Å². The maximum Gasteiger partial charge on any atom is 0.404 e. The van der Waals surface area contributed by atoms with E-state index >= 15 is 0 Å². The number of rotatable bonds is 0. The highest BCUT2D eigenvalue weighted by atomic mass is 16.8. The summed E-state index contributed by atoms with van der Waals surface area (Å²) in [7, 11) is 0. The zero-order chi connectivity index (χ0) is 35.8. The van der Waals surface area contributed by atoms with Crippen molar-refractivity contribution in [3.63, 3.8) is 0 Å². The number of ether oxygens (including phenoxy) is 4. The van der Waals surface area contributed by atoms with Gasteiger partial charge in [0.2, 0.25) is 22.6 Å². The molecule has 8 unspecified atom stereocenters. The van der Waals surface area contributed by atoms with E-state index in [4.69, 9.17) is 38.9 Å². The molecule has 18 rings (SSSR count). The van der Waals surface area contributed by atoms with Crippen LogP contribution in [-0.4, -0.2) is 77.6 Å². The summed E-state index contributed by atoms with van der Waals surface area (Å²) >= 11 is 0. The number of fused-ring (bicyclic) bond motifs is 6. The van der Waals surface area contributed by atoms with Gasteiger partial charge in [0.25, 0.3) is 23.3 Å². The number of aromatic nitrogens is 2. The van der Waals surface area contributed by atoms with Gasteiger partial charge in [0.05, 0.1) is 46.7 Å². The fourth-order valence-corrected chi connectivity index (χ4v) is 12.6. The van der Waals surface area contributed by atoms with Gasteiger partial charge in [-0.15, -0.1) is 9.15 Å². The third kappa shape index (κ3) is 2.68. The molecule has 2 aromatic heterocycles. The van der Waals surface area contributed by atoms with E-state index in [1.807, 2.05) is 27.7 Å². The summed E-state index contributed by atoms with van der Waals surface area (Å²) < 4.78 is 36.5. The first-order valence-electron chi connectivity index (χ1n) is 19.5. The van der Waals surface area contributed by atoms with Crippen LogP contribution >= 0.6 is 0 Å². The number of benzene rings is 2. The molecule has 2 aromatic carbocycles. The molecule has 2 saturated heterocycles. The summed E-state index contributed by atoms with van der Waals surface area (Å²) in [6, 6.07) is 17.2. The first-order chi connectivity index (χ1) is 26.7. The van der Waals surface area contributed by atoms with Crippen LogP contribution in [0, 0.1) is 0 Å². The quantitative estimate of drug-likeness (QED) is 0.203. The molecular formula is C43H32N8O4+2. The Labute approximate surface area is 313 Å². The van der Waals surface area contributed by atoms with Crippen molar-refractivity contribution in [3.05, 3.63) is 128 Å². The SMILES string of the molecule is CC1(C)OC2C3C=CC(c4c3c3n5c4N=C4c6ccccc6C6=[N+]4C54n5c(c7c(c5=N6)C5C=CC7C6OC(C)(C)OC56)=NC5=[N+]4C(=N3)c3ccccc35)C2O1. The van der Waals surface area contributed by atoms with Crippen molar-refractivity contribution in [2.24, 2.45) is 20.0 Å². The summed E-state index contributed by atoms with van der Waals surface area (Å²) in [6.07, 6.45) is 8.81. The smallest absolute Gasteiger partial charge is 0.344 e. The lowest BCUT2D eigenvalue weighted by Crippen LogP contribution is -2.71. The van der Waals surface area contributed by atoms with Crippen LogP contribution in [0.1, 0.15) is 95.9 Å². The molecule has 0 saturated carbocycles. The van der Waals surface area contributed by atoms with E-state index in [1.165, 1.54) is 22.3 Å². The summed E-state index contributed by atoms with van der Waals surface area (Å²) in [4.78, 5) is 22.9. The molecular weight excluding hydrogens is 693 g/mol. The fourth-order valence-electron chi connectivity index (χ4n) is 12.6. The molecule has 0 radical (unpaired) electrons. The Morgan fingerprint density at radius 2 is 0.873 bits per heavy atom. The van der Waals surface area contributed by atoms with E-state index < -0.39 is 17.5 Å². The molecule has 12 nitrogen and oxygen atoms in total. The first kappa shape index (κ1) is 28.1. The first-order valence-corrected chi connectivity index (χ1v) is 19.5. The minimum atomic E-state index is -1.05. The van der Waals surface area contributed by atoms with Gasteiger partial charge in [0, 0.05) is 45.9 Å². The highest BCUT2D eigenvalue weighted by Gasteiger charge is 2.72. The van der Waals surface area contributed by atoms with Crippen molar-refractivity contribution in [3.8, 4) is 0 Å². The summed E-state index contributed by atoms with van der Waals surface area (Å²) in [6.45, 7) is 8.11. The molecule has 55 heavy (non-hydrogen) atoms. The molecule has 4 bridgehead atoms. The second-order valence-electron chi connectivity index (χ2n) is 17.7. The molecule has 1 spiro atoms. The molecule has 8 aliphatic heterocycles. The topological polar surface area (TPSA) is 102 Å². The lowest BCUT2D eigenvalue weighted by atomic mass is 9.69. The average molecular weight is 725 g/mol. The van der Waals surface area contributed by atoms with Gasteiger partial charge in [-0.3, -0.25) is 0 Å². The lowest BCUT2D eigenvalue weighted by Gasteiger charge is -2.40. The third-order valence-corrected chi connectivity index (χ3v) is 14.2. The Balaban J connectivity index is 1.11. The van der Waals surface area contributed by atoms with E-state index in [0.29, 0.717) is 0 Å². The average Bonchev–Trinajstić information content (AvgIpc) is 4.01. The van der Waals surface area contributed by atoms with Gasteiger partial charge in [-0.05, 0) is 52.0 Å². The van der Waals surface area contributed by atoms with Crippen molar-refractivity contribution in [1.82, 2.24) is 9.13 Å². The Morgan fingerprint density at radius 1 is 0.491 bits per heavy atom. The maximum absolute atomic E-state index is 6.72. The standard InChI is InChI=1S/C43H32N8O4/c1-41(2)52-29-21-13-14-22(30(29)53-41)26-25(21)37-44-33-17-9-5-7-11-19(17)35-46-39-27-23-15-16-24(32-31(23)54-42(3,4)55-32)28(27)40-47-36-20-12-8-6-10-18(20)34-45-38(26)50(37)43(48(33)35,49(34)36)51(39)40/h5-16,21-24,29-32H,1-4H3/q+2. The van der Waals surface area contributed by atoms with Crippen molar-refractivity contribution in [2.75, 3.05) is 0 Å². The van der Waals surface area contributed by atoms with Crippen molar-refractivity contribution >= 4 is 35.0 Å². The Hall–Kier alpha value is -5.40. The van der Waals surface area contributed by atoms with E-state index in [2.05, 4.69) is 91.1 Å². The van der Waals surface area contributed by atoms with Crippen LogP contribution in [0.25, 0.3) is 0 Å². The minimum Gasteiger partial charge on any atom is -0.344 e. The number of amidine groups is 4. The van der Waals surface area contributed by atoms with Gasteiger partial charge in [0.15, 0.2) is 11.6 Å². The number of aliphatic imine (C=N–C) groups is 2. The predicted molar refractivity (Wildman–Crippen MR) is 195 cm³/mol. The van der Waals surface area contributed by atoms with Crippen LogP contribution in [-0.2, 0) is 24.9 Å². The number of nitrogens with zero attached hydrogens (tertiary/aromatic N) is 8. The monoisotopic (exact) mass is 724 g/mol. The molecule has 6 aliphatic carbocycles. The van der Waals surface area contributed by atoms with E-state index in [1.54, 1.807) is 0 Å². The molecule has 10 heterocycles. The van der Waals surface area contributed by atoms with Crippen LogP contribution in [0.2, 0.25) is 0 Å². The third-order valence-electron chi connectivity index (χ3n) is 14.2. The Kier molecular flexibility index (Phi) is 4.13. The van der Waals surface area contributed by atoms with Crippen molar-refractivity contribution < 1.29 is 28.1 Å². The highest BCUT2D eigenvalue weighted by Crippen LogP contribution is 2.63. The summed E-state index contributed by atoms with van der Waals surface area (Å²) in [5.74, 6) is 2.75. The van der Waals surface area contributed by atoms with Crippen molar-refractivity contribution in [1.29, 1.82) is 0 Å². The normalized spacial score (nSPS) is 36.7. The van der Waals surface area contributed by atoms with Gasteiger partial charge < -0.3 is 18.9 Å². The minimum absolute atomic E-state index is 0.0477. The molecule has 12 heteroatoms. The molecule has 14 aliphatic rings. The molecule has 4 aromatic rings. The largest absolute Gasteiger partial charge is 0.404 e. The van der Waals surface area contributed by atoms with Crippen LogP contribution in [0.4, 0.5) is 11.6 Å². The van der Waals surface area contributed by atoms with E-state index in [9.17, 15) is 0 Å². The summed E-state index contributed by atoms with van der Waals surface area (Å²) in [5, 5.41) is 0. The van der Waals surface area contributed by atoms with E-state index in [-0.39, 0.29) is 48.1 Å². The number of hydrogen-bond donors (Lipinski definition) is 0. The van der Waals surface area contributed by atoms with Gasteiger partial charge in [-0.25, -0.2) is 0 Å². The second kappa shape index (κ2) is 8.10. The highest BCUT2D eigenvalue weighted by molar-refractivity contribution is 6.18. The Bertz CT molecular complexity index is 2890. The summed E-state index contributed by atoms with van der Waals surface area (Å²) in [5.41, 5.74) is 10.8. The lowest BCUT2D eigenvalue weighted by molar-refractivity contribution is -0.790. The predicted octanol–water partition coefficient (Wildman–Crippen LogP) is 3.94. The van der Waals surface area contributed by atoms with Crippen LogP contribution in [0.15, 0.2) is 92.8 Å². The van der Waals surface area contributed by atoms with E-state index in [0.717, 1.165) is 68.2 Å². The molecule has 266 valence electrons. The zero-order valence-electron chi connectivity index (χ0n) is 30.3. The van der Waals surface area contributed by atoms with Gasteiger partial charge >= 0.3 is 5.91 Å². The molecule has 8 atom stereocenters. The van der Waals surface area contributed by atoms with Gasteiger partial charge in [-0.2, -0.15) is 9.13 Å². The Morgan fingerprint density at radius 3 is 1.29 bits per heavy atom. The number of hydrogen-bond acceptors (Lipinski definition) is 8. The van der Waals surface area contributed by atoms with Gasteiger partial charge in [-0.1, -0.05) is 68.5 Å². The maximum atomic E-state index is 6.72. The molecule has 0 amide bonds. The molecule has 0 N–H and O–H groups in total. The van der Waals surface area contributed by atoms with Gasteiger partial charge in [0.1, 0.15) is 0 Å². The van der Waals surface area contributed by atoms with Crippen LogP contribution < -0.4 is 11.0 Å².